The molecule has 25 heavy (non-hydrogen) atoms. The third-order valence-electron chi connectivity index (χ3n) is 4.69. The van der Waals surface area contributed by atoms with E-state index in [-0.39, 0.29) is 0 Å². The van der Waals surface area contributed by atoms with Gasteiger partial charge in [-0.1, -0.05) is 37.6 Å². The van der Waals surface area contributed by atoms with E-state index in [2.05, 4.69) is 63.2 Å². The molecule has 2 aromatic carbocycles. The third kappa shape index (κ3) is 3.59. The standard InChI is InChI=1S/C23H24OS/c1-5-17-9-15(3)10-19(12-17)22-7-8-23(25-22)20-11-16(4)21(14-24)18(6-2)13-20/h7-14H,5-6H2,1-4H3. The number of benzene rings is 2. The fraction of sp³-hybridized carbons (Fsp3) is 0.261. The molecule has 0 aliphatic rings. The lowest BCUT2D eigenvalue weighted by Crippen LogP contribution is -1.95. The largest absolute Gasteiger partial charge is 0.298 e. The van der Waals surface area contributed by atoms with Gasteiger partial charge in [0.05, 0.1) is 0 Å². The summed E-state index contributed by atoms with van der Waals surface area (Å²) in [4.78, 5) is 13.9. The van der Waals surface area contributed by atoms with Crippen molar-refractivity contribution < 1.29 is 4.79 Å². The van der Waals surface area contributed by atoms with Crippen LogP contribution >= 0.6 is 11.3 Å². The van der Waals surface area contributed by atoms with Crippen LogP contribution < -0.4 is 0 Å². The summed E-state index contributed by atoms with van der Waals surface area (Å²) in [6.07, 6.45) is 2.91. The Kier molecular flexibility index (Phi) is 5.19. The number of rotatable bonds is 5. The van der Waals surface area contributed by atoms with Crippen LogP contribution in [0.15, 0.2) is 42.5 Å². The molecule has 0 unspecified atom stereocenters. The average molecular weight is 349 g/mol. The normalized spacial score (nSPS) is 10.9. The van der Waals surface area contributed by atoms with Gasteiger partial charge in [0.25, 0.3) is 0 Å². The molecule has 0 atom stereocenters. The predicted molar refractivity (Wildman–Crippen MR) is 109 cm³/mol. The van der Waals surface area contributed by atoms with E-state index in [4.69, 9.17) is 0 Å². The van der Waals surface area contributed by atoms with Gasteiger partial charge >= 0.3 is 0 Å². The van der Waals surface area contributed by atoms with E-state index in [1.165, 1.54) is 32.0 Å². The van der Waals surface area contributed by atoms with Gasteiger partial charge in [0.2, 0.25) is 0 Å². The van der Waals surface area contributed by atoms with Gasteiger partial charge in [-0.2, -0.15) is 0 Å². The highest BCUT2D eigenvalue weighted by atomic mass is 32.1. The van der Waals surface area contributed by atoms with Crippen LogP contribution in [0.1, 0.15) is 46.5 Å². The van der Waals surface area contributed by atoms with Crippen LogP contribution in [0.25, 0.3) is 20.9 Å². The summed E-state index contributed by atoms with van der Waals surface area (Å²) >= 11 is 1.82. The molecule has 1 aromatic heterocycles. The topological polar surface area (TPSA) is 17.1 Å². The second-order valence-electron chi connectivity index (χ2n) is 6.56. The van der Waals surface area contributed by atoms with Gasteiger partial charge in [0.15, 0.2) is 6.29 Å². The predicted octanol–water partition coefficient (Wildman–Crippen LogP) is 6.64. The molecule has 0 radical (unpaired) electrons. The van der Waals surface area contributed by atoms with Crippen LogP contribution in [0.2, 0.25) is 0 Å². The van der Waals surface area contributed by atoms with Crippen molar-refractivity contribution in [3.63, 3.8) is 0 Å². The summed E-state index contributed by atoms with van der Waals surface area (Å²) in [7, 11) is 0. The summed E-state index contributed by atoms with van der Waals surface area (Å²) < 4.78 is 0. The van der Waals surface area contributed by atoms with Crippen molar-refractivity contribution in [3.05, 3.63) is 70.3 Å². The molecule has 0 aliphatic heterocycles. The summed E-state index contributed by atoms with van der Waals surface area (Å²) in [5.41, 5.74) is 8.22. The first-order chi connectivity index (χ1) is 12.0. The molecule has 0 N–H and O–H groups in total. The Morgan fingerprint density at radius 1 is 0.880 bits per heavy atom. The zero-order valence-corrected chi connectivity index (χ0v) is 16.2. The maximum absolute atomic E-state index is 11.3. The molecule has 0 amide bonds. The number of aldehydes is 1. The molecule has 0 saturated carbocycles. The average Bonchev–Trinajstić information content (AvgIpc) is 3.10. The van der Waals surface area contributed by atoms with Gasteiger partial charge in [-0.15, -0.1) is 11.3 Å². The molecule has 3 aromatic rings. The van der Waals surface area contributed by atoms with Crippen LogP contribution in [0.5, 0.6) is 0 Å². The molecular weight excluding hydrogens is 324 g/mol. The number of carbonyl (C=O) groups excluding carboxylic acids is 1. The van der Waals surface area contributed by atoms with E-state index in [0.717, 1.165) is 35.8 Å². The molecule has 1 nitrogen and oxygen atoms in total. The molecule has 0 saturated heterocycles. The van der Waals surface area contributed by atoms with Gasteiger partial charge in [0.1, 0.15) is 0 Å². The summed E-state index contributed by atoms with van der Waals surface area (Å²) in [5.74, 6) is 0. The van der Waals surface area contributed by atoms with Crippen LogP contribution in [0.4, 0.5) is 0 Å². The molecule has 2 heteroatoms. The Hall–Kier alpha value is -2.19. The van der Waals surface area contributed by atoms with E-state index in [9.17, 15) is 4.79 Å². The van der Waals surface area contributed by atoms with Crippen LogP contribution in [0, 0.1) is 13.8 Å². The highest BCUT2D eigenvalue weighted by Crippen LogP contribution is 2.36. The SMILES string of the molecule is CCc1cc(C)cc(-c2ccc(-c3cc(C)c(C=O)c(CC)c3)s2)c1. The van der Waals surface area contributed by atoms with Gasteiger partial charge in [-0.25, -0.2) is 0 Å². The Balaban J connectivity index is 2.04. The maximum atomic E-state index is 11.3. The zero-order valence-electron chi connectivity index (χ0n) is 15.3. The van der Waals surface area contributed by atoms with Crippen molar-refractivity contribution >= 4 is 17.6 Å². The Morgan fingerprint density at radius 3 is 2.16 bits per heavy atom. The van der Waals surface area contributed by atoms with Crippen molar-refractivity contribution in [3.8, 4) is 20.9 Å². The van der Waals surface area contributed by atoms with Crippen LogP contribution in [-0.2, 0) is 12.8 Å². The van der Waals surface area contributed by atoms with Crippen molar-refractivity contribution in [1.82, 2.24) is 0 Å². The maximum Gasteiger partial charge on any atom is 0.150 e. The minimum Gasteiger partial charge on any atom is -0.298 e. The molecule has 0 fully saturated rings. The third-order valence-corrected chi connectivity index (χ3v) is 5.88. The van der Waals surface area contributed by atoms with Crippen molar-refractivity contribution in [1.29, 1.82) is 0 Å². The molecule has 0 aliphatic carbocycles. The number of carbonyl (C=O) groups is 1. The van der Waals surface area contributed by atoms with E-state index in [1.807, 2.05) is 18.3 Å². The smallest absolute Gasteiger partial charge is 0.150 e. The Bertz CT molecular complexity index is 918. The van der Waals surface area contributed by atoms with E-state index >= 15 is 0 Å². The molecule has 0 bridgehead atoms. The first kappa shape index (κ1) is 17.6. The lowest BCUT2D eigenvalue weighted by Gasteiger charge is -2.09. The van der Waals surface area contributed by atoms with Crippen molar-refractivity contribution in [2.45, 2.75) is 40.5 Å². The second-order valence-corrected chi connectivity index (χ2v) is 7.65. The minimum absolute atomic E-state index is 0.842. The fourth-order valence-corrected chi connectivity index (χ4v) is 4.31. The summed E-state index contributed by atoms with van der Waals surface area (Å²) in [6.45, 7) is 8.48. The Morgan fingerprint density at radius 2 is 1.56 bits per heavy atom. The monoisotopic (exact) mass is 348 g/mol. The molecule has 3 rings (SSSR count). The van der Waals surface area contributed by atoms with Crippen molar-refractivity contribution in [2.24, 2.45) is 0 Å². The van der Waals surface area contributed by atoms with Crippen LogP contribution in [0.3, 0.4) is 0 Å². The minimum atomic E-state index is 0.842. The number of aryl methyl sites for hydroxylation is 4. The number of thiophene rings is 1. The highest BCUT2D eigenvalue weighted by molar-refractivity contribution is 7.18. The van der Waals surface area contributed by atoms with Crippen LogP contribution in [-0.4, -0.2) is 6.29 Å². The first-order valence-corrected chi connectivity index (χ1v) is 9.67. The van der Waals surface area contributed by atoms with Crippen molar-refractivity contribution in [2.75, 3.05) is 0 Å². The number of hydrogen-bond acceptors (Lipinski definition) is 2. The fourth-order valence-electron chi connectivity index (χ4n) is 3.33. The summed E-state index contributed by atoms with van der Waals surface area (Å²) in [5, 5.41) is 0. The summed E-state index contributed by atoms with van der Waals surface area (Å²) in [6, 6.07) is 15.5. The molecule has 128 valence electrons. The zero-order chi connectivity index (χ0) is 18.0. The van der Waals surface area contributed by atoms with Gasteiger partial charge in [0, 0.05) is 15.3 Å². The molecule has 1 heterocycles. The molecule has 0 spiro atoms. The lowest BCUT2D eigenvalue weighted by molar-refractivity contribution is 0.112. The van der Waals surface area contributed by atoms with E-state index < -0.39 is 0 Å². The second kappa shape index (κ2) is 7.37. The quantitative estimate of drug-likeness (QED) is 0.473. The van der Waals surface area contributed by atoms with Gasteiger partial charge in [-0.05, 0) is 78.8 Å². The highest BCUT2D eigenvalue weighted by Gasteiger charge is 2.11. The number of hydrogen-bond donors (Lipinski definition) is 0. The van der Waals surface area contributed by atoms with E-state index in [0.29, 0.717) is 0 Å². The Labute approximate surface area is 154 Å². The molecular formula is C23H24OS. The van der Waals surface area contributed by atoms with Gasteiger partial charge in [-0.3, -0.25) is 4.79 Å². The lowest BCUT2D eigenvalue weighted by atomic mass is 9.97. The first-order valence-electron chi connectivity index (χ1n) is 8.85. The van der Waals surface area contributed by atoms with Gasteiger partial charge < -0.3 is 0 Å². The van der Waals surface area contributed by atoms with E-state index in [1.54, 1.807) is 0 Å².